The number of anilines is 1. The Labute approximate surface area is 216 Å². The zero-order chi connectivity index (χ0) is 26.6. The molecule has 1 atom stereocenters. The standard InChI is InChI=1S/C28H22N6O4/c29-15-19-5-7-20(8-6-19)21(16-32-14-13-30-18-32)17-33-25-4-2-1-3-24(25)26(35)34(28(33)38)23-11-9-22(10-12-23)31-27(36)37/h1-14,18,21,31H,16-17H2,(H,36,37). The van der Waals surface area contributed by atoms with Gasteiger partial charge in [-0.3, -0.25) is 14.7 Å². The lowest BCUT2D eigenvalue weighted by molar-refractivity contribution is 0.209. The van der Waals surface area contributed by atoms with E-state index in [2.05, 4.69) is 16.4 Å². The van der Waals surface area contributed by atoms with Crippen molar-refractivity contribution in [2.45, 2.75) is 19.0 Å². The number of hydrogen-bond donors (Lipinski definition) is 2. The van der Waals surface area contributed by atoms with Gasteiger partial charge in [-0.1, -0.05) is 24.3 Å². The average molecular weight is 507 g/mol. The van der Waals surface area contributed by atoms with Crippen molar-refractivity contribution in [2.24, 2.45) is 0 Å². The highest BCUT2D eigenvalue weighted by Gasteiger charge is 2.20. The van der Waals surface area contributed by atoms with Crippen LogP contribution in [0.15, 0.2) is 101 Å². The van der Waals surface area contributed by atoms with E-state index in [-0.39, 0.29) is 12.5 Å². The monoisotopic (exact) mass is 506 g/mol. The molecule has 0 aliphatic heterocycles. The number of para-hydroxylation sites is 1. The van der Waals surface area contributed by atoms with Crippen molar-refractivity contribution in [2.75, 3.05) is 5.32 Å². The summed E-state index contributed by atoms with van der Waals surface area (Å²) in [5.74, 6) is -0.189. The van der Waals surface area contributed by atoms with Gasteiger partial charge in [0.05, 0.1) is 34.6 Å². The molecule has 0 aliphatic rings. The molecule has 188 valence electrons. The van der Waals surface area contributed by atoms with Crippen LogP contribution in [0, 0.1) is 11.3 Å². The molecular weight excluding hydrogens is 484 g/mol. The number of hydrogen-bond acceptors (Lipinski definition) is 5. The molecule has 0 spiro atoms. The summed E-state index contributed by atoms with van der Waals surface area (Å²) in [6, 6.07) is 22.3. The smallest absolute Gasteiger partial charge is 0.409 e. The Kier molecular flexibility index (Phi) is 6.57. The van der Waals surface area contributed by atoms with Crippen molar-refractivity contribution in [1.82, 2.24) is 18.7 Å². The molecule has 1 unspecified atom stereocenters. The van der Waals surface area contributed by atoms with E-state index >= 15 is 0 Å². The Morgan fingerprint density at radius 3 is 2.39 bits per heavy atom. The third-order valence-corrected chi connectivity index (χ3v) is 6.33. The number of amides is 1. The number of nitrogens with one attached hydrogen (secondary N) is 1. The molecule has 3 aromatic carbocycles. The topological polar surface area (TPSA) is 135 Å². The highest BCUT2D eigenvalue weighted by atomic mass is 16.4. The van der Waals surface area contributed by atoms with Crippen molar-refractivity contribution < 1.29 is 9.90 Å². The lowest BCUT2D eigenvalue weighted by Crippen LogP contribution is -2.40. The number of fused-ring (bicyclic) bond motifs is 1. The van der Waals surface area contributed by atoms with Gasteiger partial charge < -0.3 is 9.67 Å². The van der Waals surface area contributed by atoms with E-state index in [0.29, 0.717) is 34.4 Å². The Morgan fingerprint density at radius 2 is 1.74 bits per heavy atom. The number of rotatable bonds is 7. The fraction of sp³-hybridized carbons (Fsp3) is 0.107. The number of carboxylic acid groups (broad SMARTS) is 1. The molecule has 10 nitrogen and oxygen atoms in total. The molecule has 2 N–H and O–H groups in total. The van der Waals surface area contributed by atoms with Crippen molar-refractivity contribution in [3.8, 4) is 11.8 Å². The third kappa shape index (κ3) is 4.81. The van der Waals surface area contributed by atoms with E-state index in [1.54, 1.807) is 53.5 Å². The van der Waals surface area contributed by atoms with Crippen molar-refractivity contribution >= 4 is 22.7 Å². The lowest BCUT2D eigenvalue weighted by Gasteiger charge is -2.22. The minimum Gasteiger partial charge on any atom is -0.465 e. The van der Waals surface area contributed by atoms with Gasteiger partial charge in [-0.25, -0.2) is 19.1 Å². The number of imidazole rings is 1. The van der Waals surface area contributed by atoms with Crippen LogP contribution in [0.1, 0.15) is 17.0 Å². The molecule has 0 saturated heterocycles. The Hall–Kier alpha value is -5.43. The summed E-state index contributed by atoms with van der Waals surface area (Å²) in [5, 5.41) is 20.8. The highest BCUT2D eigenvalue weighted by molar-refractivity contribution is 5.83. The van der Waals surface area contributed by atoms with Crippen molar-refractivity contribution in [3.05, 3.63) is 123 Å². The second kappa shape index (κ2) is 10.3. The maximum atomic E-state index is 13.9. The van der Waals surface area contributed by atoms with Crippen molar-refractivity contribution in [1.29, 1.82) is 5.26 Å². The minimum absolute atomic E-state index is 0.189. The van der Waals surface area contributed by atoms with E-state index in [1.165, 1.54) is 24.3 Å². The van der Waals surface area contributed by atoms with Gasteiger partial charge in [0.15, 0.2) is 0 Å². The van der Waals surface area contributed by atoms with Crippen LogP contribution in [-0.2, 0) is 13.1 Å². The summed E-state index contributed by atoms with van der Waals surface area (Å²) in [6.07, 6.45) is 4.01. The first kappa shape index (κ1) is 24.3. The molecule has 2 aromatic heterocycles. The van der Waals surface area contributed by atoms with Crippen molar-refractivity contribution in [3.63, 3.8) is 0 Å². The number of aromatic nitrogens is 4. The molecule has 0 aliphatic carbocycles. The molecule has 5 rings (SSSR count). The summed E-state index contributed by atoms with van der Waals surface area (Å²) in [5.41, 5.74) is 1.62. The molecule has 2 heterocycles. The molecule has 5 aromatic rings. The second-order valence-corrected chi connectivity index (χ2v) is 8.72. The summed E-state index contributed by atoms with van der Waals surface area (Å²) >= 11 is 0. The van der Waals surface area contributed by atoms with E-state index in [1.807, 2.05) is 22.9 Å². The quantitative estimate of drug-likeness (QED) is 0.345. The first-order valence-corrected chi connectivity index (χ1v) is 11.8. The highest BCUT2D eigenvalue weighted by Crippen LogP contribution is 2.23. The van der Waals surface area contributed by atoms with Gasteiger partial charge in [0, 0.05) is 37.1 Å². The number of carbonyl (C=O) groups is 1. The van der Waals surface area contributed by atoms with Crippen LogP contribution in [0.2, 0.25) is 0 Å². The summed E-state index contributed by atoms with van der Waals surface area (Å²) < 4.78 is 4.60. The first-order chi connectivity index (χ1) is 18.4. The van der Waals surface area contributed by atoms with Gasteiger partial charge in [-0.2, -0.15) is 5.26 Å². The zero-order valence-electron chi connectivity index (χ0n) is 20.1. The normalized spacial score (nSPS) is 11.7. The molecule has 1 amide bonds. The zero-order valence-corrected chi connectivity index (χ0v) is 20.1. The fourth-order valence-corrected chi connectivity index (χ4v) is 4.51. The number of nitrogens with zero attached hydrogens (tertiary/aromatic N) is 5. The molecule has 0 bridgehead atoms. The number of benzene rings is 3. The molecule has 0 fully saturated rings. The molecule has 38 heavy (non-hydrogen) atoms. The van der Waals surface area contributed by atoms with Gasteiger partial charge >= 0.3 is 11.8 Å². The van der Waals surface area contributed by atoms with Crippen LogP contribution in [0.25, 0.3) is 16.6 Å². The predicted octanol–water partition coefficient (Wildman–Crippen LogP) is 3.79. The van der Waals surface area contributed by atoms with E-state index in [0.717, 1.165) is 10.1 Å². The molecule has 10 heteroatoms. The fourth-order valence-electron chi connectivity index (χ4n) is 4.51. The molecule has 0 saturated carbocycles. The summed E-state index contributed by atoms with van der Waals surface area (Å²) in [4.78, 5) is 42.4. The predicted molar refractivity (Wildman–Crippen MR) is 142 cm³/mol. The van der Waals surface area contributed by atoms with Crippen LogP contribution in [0.4, 0.5) is 10.5 Å². The molecule has 0 radical (unpaired) electrons. The van der Waals surface area contributed by atoms with Gasteiger partial charge in [0.25, 0.3) is 5.56 Å². The van der Waals surface area contributed by atoms with Crippen LogP contribution >= 0.6 is 0 Å². The van der Waals surface area contributed by atoms with Crippen LogP contribution in [0.3, 0.4) is 0 Å². The van der Waals surface area contributed by atoms with E-state index in [9.17, 15) is 19.6 Å². The van der Waals surface area contributed by atoms with Crippen LogP contribution < -0.4 is 16.6 Å². The Bertz CT molecular complexity index is 1760. The van der Waals surface area contributed by atoms with Gasteiger partial charge in [0.1, 0.15) is 0 Å². The Morgan fingerprint density at radius 1 is 1.00 bits per heavy atom. The minimum atomic E-state index is -1.21. The lowest BCUT2D eigenvalue weighted by atomic mass is 9.97. The van der Waals surface area contributed by atoms with Gasteiger partial charge in [-0.15, -0.1) is 0 Å². The maximum absolute atomic E-state index is 13.9. The maximum Gasteiger partial charge on any atom is 0.409 e. The van der Waals surface area contributed by atoms with Gasteiger partial charge in [0.2, 0.25) is 0 Å². The first-order valence-electron chi connectivity index (χ1n) is 11.8. The third-order valence-electron chi connectivity index (χ3n) is 6.33. The van der Waals surface area contributed by atoms with E-state index in [4.69, 9.17) is 5.11 Å². The Balaban J connectivity index is 1.65. The average Bonchev–Trinajstić information content (AvgIpc) is 3.44. The molecular formula is C28H22N6O4. The summed E-state index contributed by atoms with van der Waals surface area (Å²) in [6.45, 7) is 0.768. The van der Waals surface area contributed by atoms with Crippen LogP contribution in [0.5, 0.6) is 0 Å². The largest absolute Gasteiger partial charge is 0.465 e. The van der Waals surface area contributed by atoms with Crippen LogP contribution in [-0.4, -0.2) is 29.9 Å². The van der Waals surface area contributed by atoms with E-state index < -0.39 is 17.3 Å². The summed E-state index contributed by atoms with van der Waals surface area (Å²) in [7, 11) is 0. The number of nitriles is 1. The SMILES string of the molecule is N#Cc1ccc(C(Cn2ccnc2)Cn2c(=O)n(-c3ccc(NC(=O)O)cc3)c(=O)c3ccccc32)cc1. The van der Waals surface area contributed by atoms with Gasteiger partial charge in [-0.05, 0) is 54.1 Å². The second-order valence-electron chi connectivity index (χ2n) is 8.72.